The van der Waals surface area contributed by atoms with E-state index in [0.717, 1.165) is 0 Å². The minimum atomic E-state index is -4.16. The van der Waals surface area contributed by atoms with Crippen LogP contribution >= 0.6 is 7.60 Å². The summed E-state index contributed by atoms with van der Waals surface area (Å²) >= 11 is 0. The third-order valence-corrected chi connectivity index (χ3v) is 10.3. The summed E-state index contributed by atoms with van der Waals surface area (Å²) in [6, 6.07) is 5.97. The molecule has 0 saturated carbocycles. The molecule has 1 aromatic rings. The number of ketones is 1. The maximum absolute atomic E-state index is 14.1. The molecule has 328 valence electrons. The van der Waals surface area contributed by atoms with E-state index in [2.05, 4.69) is 33.7 Å². The van der Waals surface area contributed by atoms with Crippen molar-refractivity contribution in [1.82, 2.24) is 16.0 Å². The molecular formula is C42H62N3O13P. The number of amides is 3. The van der Waals surface area contributed by atoms with E-state index < -0.39 is 24.7 Å². The van der Waals surface area contributed by atoms with Crippen LogP contribution in [0.4, 0.5) is 0 Å². The summed E-state index contributed by atoms with van der Waals surface area (Å²) in [5.74, 6) is 5.49. The zero-order valence-corrected chi connectivity index (χ0v) is 35.4. The van der Waals surface area contributed by atoms with Gasteiger partial charge in [0.1, 0.15) is 31.4 Å². The van der Waals surface area contributed by atoms with Crippen LogP contribution in [0.5, 0.6) is 5.75 Å². The Kier molecular flexibility index (Phi) is 29.1. The highest BCUT2D eigenvalue weighted by atomic mass is 31.2. The molecule has 17 heteroatoms. The maximum Gasteiger partial charge on any atom is 0.379 e. The van der Waals surface area contributed by atoms with Crippen LogP contribution in [0.2, 0.25) is 0 Å². The summed E-state index contributed by atoms with van der Waals surface area (Å²) in [6.07, 6.45) is 16.1. The molecule has 0 spiro atoms. The highest BCUT2D eigenvalue weighted by Gasteiger charge is 2.35. The van der Waals surface area contributed by atoms with E-state index in [1.54, 1.807) is 12.1 Å². The molecule has 1 unspecified atom stereocenters. The maximum atomic E-state index is 14.1. The highest BCUT2D eigenvalue weighted by molar-refractivity contribution is 7.54. The van der Waals surface area contributed by atoms with Crippen molar-refractivity contribution < 1.29 is 61.6 Å². The Morgan fingerprint density at radius 2 is 1.14 bits per heavy atom. The van der Waals surface area contributed by atoms with Crippen LogP contribution in [0, 0.1) is 37.0 Å². The normalized spacial score (nSPS) is 12.1. The molecule has 16 nitrogen and oxygen atoms in total. The van der Waals surface area contributed by atoms with Crippen molar-refractivity contribution in [3.63, 3.8) is 0 Å². The molecule has 59 heavy (non-hydrogen) atoms. The van der Waals surface area contributed by atoms with Gasteiger partial charge in [-0.25, -0.2) is 4.57 Å². The fourth-order valence-corrected chi connectivity index (χ4v) is 5.84. The molecule has 0 fully saturated rings. The highest BCUT2D eigenvalue weighted by Crippen LogP contribution is 2.48. The van der Waals surface area contributed by atoms with Crippen LogP contribution in [-0.4, -0.2) is 132 Å². The Hall–Kier alpha value is -4.27. The topological polar surface area (TPSA) is 206 Å². The molecule has 0 bridgehead atoms. The second kappa shape index (κ2) is 32.6. The van der Waals surface area contributed by atoms with Gasteiger partial charge in [0.25, 0.3) is 5.91 Å². The van der Waals surface area contributed by atoms with Gasteiger partial charge in [0, 0.05) is 50.9 Å². The van der Waals surface area contributed by atoms with Crippen molar-refractivity contribution in [2.75, 3.05) is 92.4 Å². The number of Topliss-reactive ketones (excluding diaryl/α,β-unsaturated/α-hetero) is 1. The van der Waals surface area contributed by atoms with Crippen LogP contribution in [0.15, 0.2) is 24.3 Å². The molecule has 1 rings (SSSR count). The molecule has 0 heterocycles. The fourth-order valence-electron chi connectivity index (χ4n) is 5.19. The molecule has 0 aromatic heterocycles. The van der Waals surface area contributed by atoms with E-state index >= 15 is 0 Å². The van der Waals surface area contributed by atoms with Gasteiger partial charge in [-0.15, -0.1) is 19.3 Å². The van der Waals surface area contributed by atoms with Gasteiger partial charge in [-0.2, -0.15) is 0 Å². The molecule has 1 atom stereocenters. The zero-order chi connectivity index (χ0) is 43.6. The second-order valence-electron chi connectivity index (χ2n) is 13.4. The van der Waals surface area contributed by atoms with E-state index in [9.17, 15) is 28.6 Å². The number of ether oxygens (including phenoxy) is 6. The first kappa shape index (κ1) is 52.7. The predicted molar refractivity (Wildman–Crippen MR) is 222 cm³/mol. The van der Waals surface area contributed by atoms with E-state index in [0.29, 0.717) is 39.5 Å². The summed E-state index contributed by atoms with van der Waals surface area (Å²) in [4.78, 5) is 64.1. The minimum Gasteiger partial charge on any atom is -0.423 e. The Bertz CT molecular complexity index is 1460. The molecule has 0 aliphatic carbocycles. The first-order chi connectivity index (χ1) is 28.4. The number of nitrogens with one attached hydrogen (secondary N) is 3. The summed E-state index contributed by atoms with van der Waals surface area (Å²) in [5, 5.41) is 8.59. The first-order valence-electron chi connectivity index (χ1n) is 19.6. The minimum absolute atomic E-state index is 0.0112. The summed E-state index contributed by atoms with van der Waals surface area (Å²) < 4.78 is 50.3. The monoisotopic (exact) mass is 847 g/mol. The first-order valence-corrected chi connectivity index (χ1v) is 21.3. The number of benzene rings is 1. The van der Waals surface area contributed by atoms with Gasteiger partial charge >= 0.3 is 7.60 Å². The third-order valence-electron chi connectivity index (χ3n) is 8.49. The largest absolute Gasteiger partial charge is 0.423 e. The van der Waals surface area contributed by atoms with Crippen molar-refractivity contribution >= 4 is 31.1 Å². The lowest BCUT2D eigenvalue weighted by Crippen LogP contribution is -2.50. The van der Waals surface area contributed by atoms with E-state index in [1.807, 2.05) is 0 Å². The lowest BCUT2D eigenvalue weighted by Gasteiger charge is -2.35. The van der Waals surface area contributed by atoms with Crippen LogP contribution < -0.4 is 20.5 Å². The van der Waals surface area contributed by atoms with Crippen molar-refractivity contribution in [2.45, 2.75) is 76.4 Å². The smallest absolute Gasteiger partial charge is 0.379 e. The van der Waals surface area contributed by atoms with E-state index in [-0.39, 0.29) is 133 Å². The van der Waals surface area contributed by atoms with E-state index in [4.69, 9.17) is 52.2 Å². The molecule has 3 amide bonds. The van der Waals surface area contributed by atoms with Gasteiger partial charge in [0.05, 0.1) is 64.1 Å². The third kappa shape index (κ3) is 25.7. The average molecular weight is 848 g/mol. The number of hydrogen-bond donors (Lipinski definition) is 4. The molecule has 0 radical (unpaired) electrons. The Balaban J connectivity index is 3.22. The number of para-hydroxylation sites is 1. The van der Waals surface area contributed by atoms with Crippen LogP contribution in [0.1, 0.15) is 75.6 Å². The average Bonchev–Trinajstić information content (AvgIpc) is 3.21. The quantitative estimate of drug-likeness (QED) is 0.0436. The SMILES string of the molecule is C#CCOCCOCCCC(=O)CCC(CCC(=O)NCCOCCOCC#C)(CCC(=O)NCCOCCOCC#C)NC(=O)c1ccccc1OP(=O)(O)C(C)C. The fraction of sp³-hybridized carbons (Fsp3) is 0.619. The van der Waals surface area contributed by atoms with Crippen LogP contribution in [0.3, 0.4) is 0 Å². The van der Waals surface area contributed by atoms with Gasteiger partial charge in [-0.1, -0.05) is 43.7 Å². The van der Waals surface area contributed by atoms with Crippen molar-refractivity contribution in [1.29, 1.82) is 0 Å². The van der Waals surface area contributed by atoms with Crippen molar-refractivity contribution in [3.05, 3.63) is 29.8 Å². The number of terminal acetylenes is 3. The molecule has 4 N–H and O–H groups in total. The molecular weight excluding hydrogens is 785 g/mol. The Morgan fingerprint density at radius 1 is 0.678 bits per heavy atom. The van der Waals surface area contributed by atoms with Gasteiger partial charge in [-0.05, 0) is 37.8 Å². The van der Waals surface area contributed by atoms with Gasteiger partial charge in [0.2, 0.25) is 11.8 Å². The standard InChI is InChI=1S/C42H62N3O13P/c1-6-23-52-29-32-55-26-11-12-36(46)15-18-42(19-16-39(47)43-21-27-56-33-30-53-24-7-2,20-17-40(48)44-22-28-57-34-31-54-25-8-3)45-41(49)37-13-9-10-14-38(37)58-59(50,51)35(4)5/h1-3,9-10,13-14,35H,11-12,15-34H2,4-5H3,(H,43,47)(H,44,48)(H,45,49)(H,50,51). The van der Waals surface area contributed by atoms with Gasteiger partial charge in [0.15, 0.2) is 0 Å². The molecule has 0 aliphatic rings. The summed E-state index contributed by atoms with van der Waals surface area (Å²) in [6.45, 7) is 6.54. The molecule has 0 saturated heterocycles. The number of carbonyl (C=O) groups excluding carboxylic acids is 4. The van der Waals surface area contributed by atoms with Crippen molar-refractivity contribution in [2.24, 2.45) is 0 Å². The lowest BCUT2D eigenvalue weighted by atomic mass is 9.82. The summed E-state index contributed by atoms with van der Waals surface area (Å²) in [5.41, 5.74) is -2.06. The summed E-state index contributed by atoms with van der Waals surface area (Å²) in [7, 11) is -4.16. The lowest BCUT2D eigenvalue weighted by molar-refractivity contribution is -0.121. The number of hydrogen-bond acceptors (Lipinski definition) is 12. The van der Waals surface area contributed by atoms with E-state index in [1.165, 1.54) is 26.0 Å². The molecule has 0 aliphatic heterocycles. The number of rotatable bonds is 36. The van der Waals surface area contributed by atoms with Crippen molar-refractivity contribution in [3.8, 4) is 42.8 Å². The van der Waals surface area contributed by atoms with Gasteiger partial charge in [-0.3, -0.25) is 19.2 Å². The predicted octanol–water partition coefficient (Wildman–Crippen LogP) is 3.05. The molecule has 1 aromatic carbocycles. The second-order valence-corrected chi connectivity index (χ2v) is 15.8. The zero-order valence-electron chi connectivity index (χ0n) is 34.5. The Labute approximate surface area is 349 Å². The van der Waals surface area contributed by atoms with Crippen LogP contribution in [-0.2, 0) is 47.4 Å². The van der Waals surface area contributed by atoms with Crippen LogP contribution in [0.25, 0.3) is 0 Å². The van der Waals surface area contributed by atoms with Gasteiger partial charge < -0.3 is 53.8 Å². The number of carbonyl (C=O) groups is 4. The Morgan fingerprint density at radius 3 is 1.63 bits per heavy atom.